The Hall–Kier alpha value is -2.65. The van der Waals surface area contributed by atoms with Gasteiger partial charge >= 0.3 is 0 Å². The fourth-order valence-corrected chi connectivity index (χ4v) is 3.53. The third kappa shape index (κ3) is 3.95. The van der Waals surface area contributed by atoms with E-state index in [0.717, 1.165) is 31.5 Å². The van der Waals surface area contributed by atoms with E-state index >= 15 is 0 Å². The number of piperidine rings is 1. The molecule has 0 aliphatic carbocycles. The summed E-state index contributed by atoms with van der Waals surface area (Å²) in [5, 5.41) is 11.6. The van der Waals surface area contributed by atoms with Crippen molar-refractivity contribution in [3.8, 4) is 11.5 Å². The van der Waals surface area contributed by atoms with E-state index in [1.807, 2.05) is 18.2 Å². The molecule has 1 aromatic heterocycles. The highest BCUT2D eigenvalue weighted by molar-refractivity contribution is 5.45. The minimum atomic E-state index is -0.410. The standard InChI is InChI=1S/C19H25N5O4/c1-25-15-4-3-14(11-16(15)26-2)12-20-17-13-21-23-18(22-17)24-7-5-19(6-8-24)27-9-10-28-19/h3-4,11,13H,5-10,12H2,1-2H3,(H,20,22,23). The number of rotatable bonds is 6. The van der Waals surface area contributed by atoms with Crippen molar-refractivity contribution in [2.45, 2.75) is 25.2 Å². The predicted molar refractivity (Wildman–Crippen MR) is 103 cm³/mol. The Bertz CT molecular complexity index is 803. The number of nitrogens with zero attached hydrogens (tertiary/aromatic N) is 4. The normalized spacial score (nSPS) is 18.3. The highest BCUT2D eigenvalue weighted by atomic mass is 16.7. The van der Waals surface area contributed by atoms with E-state index < -0.39 is 5.79 Å². The third-order valence-electron chi connectivity index (χ3n) is 5.09. The molecule has 0 atom stereocenters. The minimum Gasteiger partial charge on any atom is -0.493 e. The largest absolute Gasteiger partial charge is 0.493 e. The van der Waals surface area contributed by atoms with Crippen molar-refractivity contribution in [3.05, 3.63) is 30.0 Å². The molecule has 150 valence electrons. The Morgan fingerprint density at radius 1 is 1.11 bits per heavy atom. The van der Waals surface area contributed by atoms with Gasteiger partial charge in [0.1, 0.15) is 0 Å². The number of hydrogen-bond donors (Lipinski definition) is 1. The summed E-state index contributed by atoms with van der Waals surface area (Å²) in [6.45, 7) is 3.49. The molecule has 1 N–H and O–H groups in total. The lowest BCUT2D eigenvalue weighted by molar-refractivity contribution is -0.169. The van der Waals surface area contributed by atoms with E-state index in [1.54, 1.807) is 20.4 Å². The van der Waals surface area contributed by atoms with Crippen molar-refractivity contribution in [1.29, 1.82) is 0 Å². The van der Waals surface area contributed by atoms with Crippen LogP contribution in [0.4, 0.5) is 11.8 Å². The highest BCUT2D eigenvalue weighted by Gasteiger charge is 2.40. The van der Waals surface area contributed by atoms with Crippen molar-refractivity contribution in [3.63, 3.8) is 0 Å². The second kappa shape index (κ2) is 8.15. The van der Waals surface area contributed by atoms with Gasteiger partial charge in [-0.25, -0.2) is 0 Å². The molecule has 0 unspecified atom stereocenters. The van der Waals surface area contributed by atoms with Crippen molar-refractivity contribution >= 4 is 11.8 Å². The van der Waals surface area contributed by atoms with E-state index in [2.05, 4.69) is 25.4 Å². The lowest BCUT2D eigenvalue weighted by Gasteiger charge is -2.37. The number of methoxy groups -OCH3 is 2. The first-order valence-corrected chi connectivity index (χ1v) is 9.39. The van der Waals surface area contributed by atoms with Crippen LogP contribution in [0.25, 0.3) is 0 Å². The Kier molecular flexibility index (Phi) is 5.45. The molecule has 0 radical (unpaired) electrons. The zero-order valence-electron chi connectivity index (χ0n) is 16.2. The quantitative estimate of drug-likeness (QED) is 0.797. The van der Waals surface area contributed by atoms with Gasteiger partial charge in [0.15, 0.2) is 23.1 Å². The van der Waals surface area contributed by atoms with Gasteiger partial charge in [-0.05, 0) is 17.7 Å². The monoisotopic (exact) mass is 387 g/mol. The number of ether oxygens (including phenoxy) is 4. The number of hydrogen-bond acceptors (Lipinski definition) is 9. The van der Waals surface area contributed by atoms with E-state index in [1.165, 1.54) is 0 Å². The first-order chi connectivity index (χ1) is 13.7. The Balaban J connectivity index is 1.38. The van der Waals surface area contributed by atoms with Gasteiger partial charge in [-0.1, -0.05) is 6.07 Å². The Labute approximate surface area is 164 Å². The number of aromatic nitrogens is 3. The average Bonchev–Trinajstić information content (AvgIpc) is 3.20. The van der Waals surface area contributed by atoms with Gasteiger partial charge in [0.05, 0.1) is 33.6 Å². The van der Waals surface area contributed by atoms with Crippen LogP contribution in [0.5, 0.6) is 11.5 Å². The van der Waals surface area contributed by atoms with Crippen LogP contribution in [-0.4, -0.2) is 61.5 Å². The van der Waals surface area contributed by atoms with E-state index in [9.17, 15) is 0 Å². The van der Waals surface area contributed by atoms with Crippen molar-refractivity contribution in [1.82, 2.24) is 15.2 Å². The van der Waals surface area contributed by atoms with Gasteiger partial charge in [-0.2, -0.15) is 10.1 Å². The summed E-state index contributed by atoms with van der Waals surface area (Å²) < 4.78 is 22.2. The first-order valence-electron chi connectivity index (χ1n) is 9.39. The van der Waals surface area contributed by atoms with Gasteiger partial charge in [0, 0.05) is 32.5 Å². The molecule has 1 aromatic carbocycles. The molecule has 3 heterocycles. The maximum atomic E-state index is 5.78. The molecule has 9 heteroatoms. The summed E-state index contributed by atoms with van der Waals surface area (Å²) in [5.41, 5.74) is 1.05. The second-order valence-electron chi connectivity index (χ2n) is 6.78. The summed E-state index contributed by atoms with van der Waals surface area (Å²) in [4.78, 5) is 6.72. The van der Waals surface area contributed by atoms with Crippen LogP contribution in [0.3, 0.4) is 0 Å². The fourth-order valence-electron chi connectivity index (χ4n) is 3.53. The van der Waals surface area contributed by atoms with Gasteiger partial charge in [0.25, 0.3) is 0 Å². The topological polar surface area (TPSA) is 90.9 Å². The molecular formula is C19H25N5O4. The molecule has 4 rings (SSSR count). The Morgan fingerprint density at radius 3 is 2.57 bits per heavy atom. The number of anilines is 2. The van der Waals surface area contributed by atoms with E-state index in [-0.39, 0.29) is 0 Å². The lowest BCUT2D eigenvalue weighted by Crippen LogP contribution is -2.45. The molecular weight excluding hydrogens is 362 g/mol. The summed E-state index contributed by atoms with van der Waals surface area (Å²) >= 11 is 0. The minimum absolute atomic E-state index is 0.410. The SMILES string of the molecule is COc1ccc(CNc2cnnc(N3CCC4(CC3)OCCO4)n2)cc1OC. The zero-order valence-corrected chi connectivity index (χ0v) is 16.2. The zero-order chi connectivity index (χ0) is 19.4. The summed E-state index contributed by atoms with van der Waals surface area (Å²) in [7, 11) is 3.25. The van der Waals surface area contributed by atoms with E-state index in [0.29, 0.717) is 43.0 Å². The molecule has 2 aromatic rings. The summed E-state index contributed by atoms with van der Waals surface area (Å²) in [6, 6.07) is 5.80. The maximum Gasteiger partial charge on any atom is 0.247 e. The van der Waals surface area contributed by atoms with Gasteiger partial charge < -0.3 is 29.2 Å². The van der Waals surface area contributed by atoms with Crippen LogP contribution < -0.4 is 19.7 Å². The molecule has 28 heavy (non-hydrogen) atoms. The molecule has 2 fully saturated rings. The smallest absolute Gasteiger partial charge is 0.247 e. The average molecular weight is 387 g/mol. The van der Waals surface area contributed by atoms with Crippen LogP contribution in [0.2, 0.25) is 0 Å². The molecule has 1 spiro atoms. The molecule has 2 aliphatic heterocycles. The lowest BCUT2D eigenvalue weighted by atomic mass is 10.0. The van der Waals surface area contributed by atoms with Gasteiger partial charge in [0.2, 0.25) is 5.95 Å². The molecule has 0 amide bonds. The van der Waals surface area contributed by atoms with Crippen molar-refractivity contribution < 1.29 is 18.9 Å². The third-order valence-corrected chi connectivity index (χ3v) is 5.09. The van der Waals surface area contributed by atoms with Crippen molar-refractivity contribution in [2.75, 3.05) is 50.7 Å². The second-order valence-corrected chi connectivity index (χ2v) is 6.78. The van der Waals surface area contributed by atoms with Crippen molar-refractivity contribution in [2.24, 2.45) is 0 Å². The van der Waals surface area contributed by atoms with Gasteiger partial charge in [-0.3, -0.25) is 0 Å². The molecule has 2 saturated heterocycles. The van der Waals surface area contributed by atoms with Crippen LogP contribution in [0, 0.1) is 0 Å². The van der Waals surface area contributed by atoms with E-state index in [4.69, 9.17) is 18.9 Å². The maximum absolute atomic E-state index is 5.78. The fraction of sp³-hybridized carbons (Fsp3) is 0.526. The van der Waals surface area contributed by atoms with Crippen LogP contribution >= 0.6 is 0 Å². The summed E-state index contributed by atoms with van der Waals surface area (Å²) in [5.74, 6) is 2.28. The molecule has 0 bridgehead atoms. The molecule has 0 saturated carbocycles. The molecule has 9 nitrogen and oxygen atoms in total. The highest BCUT2D eigenvalue weighted by Crippen LogP contribution is 2.32. The molecule has 2 aliphatic rings. The number of benzene rings is 1. The van der Waals surface area contributed by atoms with Gasteiger partial charge in [-0.15, -0.1) is 5.10 Å². The predicted octanol–water partition coefficient (Wildman–Crippen LogP) is 1.84. The first kappa shape index (κ1) is 18.7. The van der Waals surface area contributed by atoms with Crippen LogP contribution in [0.1, 0.15) is 18.4 Å². The van der Waals surface area contributed by atoms with Crippen LogP contribution in [0.15, 0.2) is 24.4 Å². The summed E-state index contributed by atoms with van der Waals surface area (Å²) in [6.07, 6.45) is 3.23. The number of nitrogens with one attached hydrogen (secondary N) is 1. The van der Waals surface area contributed by atoms with Crippen LogP contribution in [-0.2, 0) is 16.0 Å². The Morgan fingerprint density at radius 2 is 1.86 bits per heavy atom.